The molecule has 1 aromatic carbocycles. The Morgan fingerprint density at radius 3 is 2.15 bits per heavy atom. The van der Waals surface area contributed by atoms with Gasteiger partial charge >= 0.3 is 0 Å². The van der Waals surface area contributed by atoms with Crippen molar-refractivity contribution in [3.63, 3.8) is 0 Å². The van der Waals surface area contributed by atoms with Crippen molar-refractivity contribution in [2.75, 3.05) is 33.7 Å². The highest BCUT2D eigenvalue weighted by atomic mass is 15.2. The third kappa shape index (κ3) is 5.23. The molecule has 0 aromatic heterocycles. The van der Waals surface area contributed by atoms with E-state index in [-0.39, 0.29) is 0 Å². The lowest BCUT2D eigenvalue weighted by molar-refractivity contribution is 0.174. The van der Waals surface area contributed by atoms with Gasteiger partial charge in [-0.15, -0.1) is 0 Å². The molecule has 0 aliphatic carbocycles. The average molecular weight is 277 g/mol. The first-order valence-corrected chi connectivity index (χ1v) is 7.65. The lowest BCUT2D eigenvalue weighted by Gasteiger charge is -2.30. The van der Waals surface area contributed by atoms with Crippen LogP contribution in [0.15, 0.2) is 24.3 Å². The van der Waals surface area contributed by atoms with E-state index < -0.39 is 0 Å². The van der Waals surface area contributed by atoms with Crippen LogP contribution in [0.4, 0.5) is 0 Å². The minimum Gasteiger partial charge on any atom is -0.330 e. The summed E-state index contributed by atoms with van der Waals surface area (Å²) < 4.78 is 0. The molecule has 2 unspecified atom stereocenters. The fourth-order valence-electron chi connectivity index (χ4n) is 2.55. The second kappa shape index (κ2) is 8.40. The zero-order chi connectivity index (χ0) is 15.1. The molecule has 2 atom stereocenters. The van der Waals surface area contributed by atoms with Crippen LogP contribution in [0.1, 0.15) is 37.8 Å². The standard InChI is InChI=1S/C17H31N3/c1-6-20(15(3)12-19(4)5)13-16-7-9-17(10-8-16)14(2)11-18/h7-10,14-15H,6,11-13,18H2,1-5H3. The van der Waals surface area contributed by atoms with Crippen LogP contribution in [-0.2, 0) is 6.54 Å². The molecule has 0 heterocycles. The summed E-state index contributed by atoms with van der Waals surface area (Å²) >= 11 is 0. The van der Waals surface area contributed by atoms with Crippen molar-refractivity contribution in [1.82, 2.24) is 9.80 Å². The molecule has 0 aliphatic rings. The van der Waals surface area contributed by atoms with Crippen molar-refractivity contribution in [2.45, 2.75) is 39.3 Å². The molecule has 0 radical (unpaired) electrons. The number of benzene rings is 1. The van der Waals surface area contributed by atoms with Crippen LogP contribution in [0, 0.1) is 0 Å². The smallest absolute Gasteiger partial charge is 0.0236 e. The molecule has 0 saturated carbocycles. The van der Waals surface area contributed by atoms with E-state index >= 15 is 0 Å². The average Bonchev–Trinajstić information content (AvgIpc) is 2.43. The van der Waals surface area contributed by atoms with Gasteiger partial charge in [-0.1, -0.05) is 38.1 Å². The van der Waals surface area contributed by atoms with Crippen molar-refractivity contribution in [3.05, 3.63) is 35.4 Å². The second-order valence-electron chi connectivity index (χ2n) is 6.05. The maximum Gasteiger partial charge on any atom is 0.0236 e. The number of hydrogen-bond donors (Lipinski definition) is 1. The second-order valence-corrected chi connectivity index (χ2v) is 6.05. The Morgan fingerprint density at radius 2 is 1.70 bits per heavy atom. The highest BCUT2D eigenvalue weighted by molar-refractivity contribution is 5.25. The van der Waals surface area contributed by atoms with E-state index in [9.17, 15) is 0 Å². The summed E-state index contributed by atoms with van der Waals surface area (Å²) in [6.07, 6.45) is 0. The molecule has 0 fully saturated rings. The van der Waals surface area contributed by atoms with E-state index in [2.05, 4.69) is 68.9 Å². The quantitative estimate of drug-likeness (QED) is 0.792. The monoisotopic (exact) mass is 277 g/mol. The molecule has 0 aliphatic heterocycles. The Morgan fingerprint density at radius 1 is 1.10 bits per heavy atom. The fraction of sp³-hybridized carbons (Fsp3) is 0.647. The first kappa shape index (κ1) is 17.2. The largest absolute Gasteiger partial charge is 0.330 e. The summed E-state index contributed by atoms with van der Waals surface area (Å²) in [6, 6.07) is 9.49. The number of nitrogens with zero attached hydrogens (tertiary/aromatic N) is 2. The SMILES string of the molecule is CCN(Cc1ccc(C(C)CN)cc1)C(C)CN(C)C. The number of hydrogen-bond acceptors (Lipinski definition) is 3. The minimum atomic E-state index is 0.444. The van der Waals surface area contributed by atoms with Gasteiger partial charge in [0.2, 0.25) is 0 Å². The van der Waals surface area contributed by atoms with Gasteiger partial charge in [-0.25, -0.2) is 0 Å². The highest BCUT2D eigenvalue weighted by Gasteiger charge is 2.13. The normalized spacial score (nSPS) is 14.8. The summed E-state index contributed by atoms with van der Waals surface area (Å²) in [5.74, 6) is 0.444. The summed E-state index contributed by atoms with van der Waals surface area (Å²) in [4.78, 5) is 4.76. The van der Waals surface area contributed by atoms with Crippen LogP contribution in [0.3, 0.4) is 0 Å². The van der Waals surface area contributed by atoms with E-state index in [0.29, 0.717) is 18.5 Å². The number of likely N-dealkylation sites (N-methyl/N-ethyl adjacent to an activating group) is 2. The molecule has 3 heteroatoms. The Kier molecular flexibility index (Phi) is 7.20. The molecule has 20 heavy (non-hydrogen) atoms. The number of nitrogens with two attached hydrogens (primary N) is 1. The molecule has 0 saturated heterocycles. The first-order chi connectivity index (χ1) is 9.47. The van der Waals surface area contributed by atoms with Crippen LogP contribution in [0.2, 0.25) is 0 Å². The zero-order valence-corrected chi connectivity index (χ0v) is 13.8. The van der Waals surface area contributed by atoms with E-state index in [4.69, 9.17) is 5.73 Å². The van der Waals surface area contributed by atoms with Crippen molar-refractivity contribution in [1.29, 1.82) is 0 Å². The van der Waals surface area contributed by atoms with Gasteiger partial charge in [0.25, 0.3) is 0 Å². The Hall–Kier alpha value is -0.900. The molecule has 0 amide bonds. The van der Waals surface area contributed by atoms with Gasteiger partial charge in [0.1, 0.15) is 0 Å². The zero-order valence-electron chi connectivity index (χ0n) is 13.8. The van der Waals surface area contributed by atoms with Crippen molar-refractivity contribution in [2.24, 2.45) is 5.73 Å². The van der Waals surface area contributed by atoms with Crippen LogP contribution in [0.5, 0.6) is 0 Å². The molecular formula is C17H31N3. The third-order valence-electron chi connectivity index (χ3n) is 3.95. The van der Waals surface area contributed by atoms with Gasteiger partial charge in [0.15, 0.2) is 0 Å². The molecular weight excluding hydrogens is 246 g/mol. The molecule has 0 spiro atoms. The lowest BCUT2D eigenvalue weighted by Crippen LogP contribution is -2.39. The van der Waals surface area contributed by atoms with Crippen molar-refractivity contribution >= 4 is 0 Å². The molecule has 1 rings (SSSR count). The maximum atomic E-state index is 5.72. The van der Waals surface area contributed by atoms with Crippen molar-refractivity contribution in [3.8, 4) is 0 Å². The van der Waals surface area contributed by atoms with Crippen LogP contribution in [-0.4, -0.2) is 49.6 Å². The van der Waals surface area contributed by atoms with Crippen molar-refractivity contribution < 1.29 is 0 Å². The predicted octanol–water partition coefficient (Wildman–Crippen LogP) is 2.52. The fourth-order valence-corrected chi connectivity index (χ4v) is 2.55. The minimum absolute atomic E-state index is 0.444. The van der Waals surface area contributed by atoms with Gasteiger partial charge in [0.05, 0.1) is 0 Å². The topological polar surface area (TPSA) is 32.5 Å². The number of rotatable bonds is 8. The lowest BCUT2D eigenvalue weighted by atomic mass is 10.00. The van der Waals surface area contributed by atoms with Crippen LogP contribution < -0.4 is 5.73 Å². The summed E-state index contributed by atoms with van der Waals surface area (Å²) in [5, 5.41) is 0. The van der Waals surface area contributed by atoms with E-state index in [0.717, 1.165) is 19.6 Å². The van der Waals surface area contributed by atoms with Gasteiger partial charge in [-0.05, 0) is 51.2 Å². The molecule has 0 bridgehead atoms. The Bertz CT molecular complexity index is 372. The van der Waals surface area contributed by atoms with Crippen LogP contribution >= 0.6 is 0 Å². The van der Waals surface area contributed by atoms with E-state index in [1.165, 1.54) is 11.1 Å². The summed E-state index contributed by atoms with van der Waals surface area (Å²) in [6.45, 7) is 10.6. The van der Waals surface area contributed by atoms with Gasteiger partial charge in [-0.2, -0.15) is 0 Å². The van der Waals surface area contributed by atoms with E-state index in [1.54, 1.807) is 0 Å². The van der Waals surface area contributed by atoms with Gasteiger partial charge < -0.3 is 10.6 Å². The maximum absolute atomic E-state index is 5.72. The van der Waals surface area contributed by atoms with Crippen LogP contribution in [0.25, 0.3) is 0 Å². The third-order valence-corrected chi connectivity index (χ3v) is 3.95. The molecule has 2 N–H and O–H groups in total. The Balaban J connectivity index is 2.65. The Labute approximate surface area is 124 Å². The van der Waals surface area contributed by atoms with Gasteiger partial charge in [-0.3, -0.25) is 4.90 Å². The highest BCUT2D eigenvalue weighted by Crippen LogP contribution is 2.16. The summed E-state index contributed by atoms with van der Waals surface area (Å²) in [7, 11) is 4.26. The molecule has 1 aromatic rings. The predicted molar refractivity (Wildman–Crippen MR) is 88.0 cm³/mol. The van der Waals surface area contributed by atoms with E-state index in [1.807, 2.05) is 0 Å². The molecule has 3 nitrogen and oxygen atoms in total. The summed E-state index contributed by atoms with van der Waals surface area (Å²) in [5.41, 5.74) is 8.43. The first-order valence-electron chi connectivity index (χ1n) is 7.65. The molecule has 114 valence electrons. The van der Waals surface area contributed by atoms with Gasteiger partial charge in [0, 0.05) is 19.1 Å².